The Balaban J connectivity index is 1.93. The van der Waals surface area contributed by atoms with E-state index >= 15 is 0 Å². The van der Waals surface area contributed by atoms with E-state index in [2.05, 4.69) is 10.3 Å². The summed E-state index contributed by atoms with van der Waals surface area (Å²) in [5.74, 6) is -1.16. The minimum absolute atomic E-state index is 0.121. The lowest BCUT2D eigenvalue weighted by atomic mass is 9.90. The van der Waals surface area contributed by atoms with Gasteiger partial charge in [-0.1, -0.05) is 23.2 Å². The summed E-state index contributed by atoms with van der Waals surface area (Å²) in [7, 11) is 0. The molecule has 1 aromatic heterocycles. The lowest BCUT2D eigenvalue weighted by molar-refractivity contribution is 0.0932. The number of aromatic amines is 1. The first-order valence-corrected chi connectivity index (χ1v) is 8.44. The molecule has 4 N–H and O–H groups in total. The number of hydrogen-bond acceptors (Lipinski definition) is 3. The average Bonchev–Trinajstić information content (AvgIpc) is 2.54. The first-order chi connectivity index (χ1) is 11.9. The summed E-state index contributed by atoms with van der Waals surface area (Å²) < 4.78 is 0. The van der Waals surface area contributed by atoms with Gasteiger partial charge in [-0.05, 0) is 49.1 Å². The van der Waals surface area contributed by atoms with Crippen LogP contribution in [-0.4, -0.2) is 16.8 Å². The van der Waals surface area contributed by atoms with Gasteiger partial charge >= 0.3 is 0 Å². The molecule has 8 heteroatoms. The number of aryl methyl sites for hydroxylation is 1. The van der Waals surface area contributed by atoms with Crippen LogP contribution in [0.4, 0.5) is 0 Å². The molecule has 0 bridgehead atoms. The molecule has 0 saturated heterocycles. The highest BCUT2D eigenvalue weighted by Gasteiger charge is 2.25. The molecule has 1 atom stereocenters. The summed E-state index contributed by atoms with van der Waals surface area (Å²) in [5, 5.41) is 3.59. The molecule has 1 aromatic carbocycles. The number of benzene rings is 1. The summed E-state index contributed by atoms with van der Waals surface area (Å²) in [5.41, 5.74) is 6.31. The van der Waals surface area contributed by atoms with Crippen molar-refractivity contribution in [3.8, 4) is 0 Å². The fraction of sp³-hybridized carbons (Fsp3) is 0.235. The third-order valence-electron chi connectivity index (χ3n) is 4.20. The third kappa shape index (κ3) is 3.55. The van der Waals surface area contributed by atoms with Crippen LogP contribution in [0.2, 0.25) is 10.0 Å². The standard InChI is InChI=1S/C17H15Cl2N3O3/c18-8-4-5-9(12(19)6-8)16(24)21-13-2-1-3-14-10(13)7-11(15(20)23)17(25)22-14/h4-7,13H,1-3H2,(H2,20,23)(H,21,24)(H,22,25). The van der Waals surface area contributed by atoms with Gasteiger partial charge < -0.3 is 16.0 Å². The van der Waals surface area contributed by atoms with Crippen molar-refractivity contribution < 1.29 is 9.59 Å². The molecule has 1 aliphatic rings. The minimum atomic E-state index is -0.805. The van der Waals surface area contributed by atoms with Crippen molar-refractivity contribution in [3.05, 3.63) is 67.0 Å². The normalized spacial score (nSPS) is 16.2. The van der Waals surface area contributed by atoms with Gasteiger partial charge in [0.25, 0.3) is 17.4 Å². The van der Waals surface area contributed by atoms with Gasteiger partial charge in [0.2, 0.25) is 0 Å². The van der Waals surface area contributed by atoms with Crippen LogP contribution < -0.4 is 16.6 Å². The van der Waals surface area contributed by atoms with Crippen LogP contribution in [0.25, 0.3) is 0 Å². The van der Waals surface area contributed by atoms with Crippen molar-refractivity contribution in [2.24, 2.45) is 5.73 Å². The Labute approximate surface area is 153 Å². The van der Waals surface area contributed by atoms with E-state index in [0.29, 0.717) is 34.7 Å². The molecule has 1 heterocycles. The van der Waals surface area contributed by atoms with E-state index in [1.54, 1.807) is 12.1 Å². The molecule has 0 aliphatic heterocycles. The summed E-state index contributed by atoms with van der Waals surface area (Å²) in [6.07, 6.45) is 2.13. The summed E-state index contributed by atoms with van der Waals surface area (Å²) >= 11 is 11.9. The Morgan fingerprint density at radius 2 is 1.96 bits per heavy atom. The number of halogens is 2. The monoisotopic (exact) mass is 379 g/mol. The van der Waals surface area contributed by atoms with Crippen LogP contribution in [0.3, 0.4) is 0 Å². The van der Waals surface area contributed by atoms with E-state index in [-0.39, 0.29) is 22.5 Å². The van der Waals surface area contributed by atoms with Crippen molar-refractivity contribution in [1.82, 2.24) is 10.3 Å². The van der Waals surface area contributed by atoms with Gasteiger partial charge in [0.1, 0.15) is 5.56 Å². The quantitative estimate of drug-likeness (QED) is 0.762. The SMILES string of the molecule is NC(=O)c1cc2c([nH]c1=O)CCCC2NC(=O)c1ccc(Cl)cc1Cl. The molecule has 2 aromatic rings. The highest BCUT2D eigenvalue weighted by atomic mass is 35.5. The topological polar surface area (TPSA) is 105 Å². The number of amides is 2. The van der Waals surface area contributed by atoms with Crippen molar-refractivity contribution in [3.63, 3.8) is 0 Å². The van der Waals surface area contributed by atoms with E-state index in [1.807, 2.05) is 0 Å². The van der Waals surface area contributed by atoms with Crippen LogP contribution in [0.1, 0.15) is 50.9 Å². The summed E-state index contributed by atoms with van der Waals surface area (Å²) in [6.45, 7) is 0. The molecule has 6 nitrogen and oxygen atoms in total. The number of fused-ring (bicyclic) bond motifs is 1. The van der Waals surface area contributed by atoms with E-state index in [4.69, 9.17) is 28.9 Å². The molecule has 25 heavy (non-hydrogen) atoms. The van der Waals surface area contributed by atoms with Gasteiger partial charge in [0.05, 0.1) is 16.6 Å². The number of hydrogen-bond donors (Lipinski definition) is 3. The molecule has 3 rings (SSSR count). The van der Waals surface area contributed by atoms with Crippen molar-refractivity contribution in [2.45, 2.75) is 25.3 Å². The average molecular weight is 380 g/mol. The zero-order valence-electron chi connectivity index (χ0n) is 13.1. The van der Waals surface area contributed by atoms with Crippen LogP contribution >= 0.6 is 23.2 Å². The van der Waals surface area contributed by atoms with Gasteiger partial charge in [-0.25, -0.2) is 0 Å². The number of carbonyl (C=O) groups is 2. The first-order valence-electron chi connectivity index (χ1n) is 7.68. The second-order valence-electron chi connectivity index (χ2n) is 5.85. The predicted octanol–water partition coefficient (Wildman–Crippen LogP) is 2.59. The molecule has 2 amide bonds. The second-order valence-corrected chi connectivity index (χ2v) is 6.70. The molecule has 0 fully saturated rings. The van der Waals surface area contributed by atoms with E-state index in [0.717, 1.165) is 6.42 Å². The fourth-order valence-corrected chi connectivity index (χ4v) is 3.48. The number of nitrogens with two attached hydrogens (primary N) is 1. The number of primary amides is 1. The zero-order chi connectivity index (χ0) is 18.1. The summed E-state index contributed by atoms with van der Waals surface area (Å²) in [4.78, 5) is 38.5. The predicted molar refractivity (Wildman–Crippen MR) is 95.2 cm³/mol. The Kier molecular flexibility index (Phi) is 4.83. The Morgan fingerprint density at radius 1 is 1.20 bits per heavy atom. The lowest BCUT2D eigenvalue weighted by Crippen LogP contribution is -2.34. The smallest absolute Gasteiger partial charge is 0.261 e. The van der Waals surface area contributed by atoms with Gasteiger partial charge in [0.15, 0.2) is 0 Å². The van der Waals surface area contributed by atoms with Gasteiger partial charge in [-0.3, -0.25) is 14.4 Å². The van der Waals surface area contributed by atoms with Crippen LogP contribution in [0.15, 0.2) is 29.1 Å². The van der Waals surface area contributed by atoms with Crippen molar-refractivity contribution in [2.75, 3.05) is 0 Å². The van der Waals surface area contributed by atoms with Crippen molar-refractivity contribution in [1.29, 1.82) is 0 Å². The molecular weight excluding hydrogens is 365 g/mol. The maximum atomic E-state index is 12.5. The number of nitrogens with one attached hydrogen (secondary N) is 2. The maximum absolute atomic E-state index is 12.5. The maximum Gasteiger partial charge on any atom is 0.261 e. The molecule has 1 aliphatic carbocycles. The molecule has 0 spiro atoms. The molecule has 130 valence electrons. The number of carbonyl (C=O) groups excluding carboxylic acids is 2. The molecule has 1 unspecified atom stereocenters. The highest BCUT2D eigenvalue weighted by Crippen LogP contribution is 2.29. The lowest BCUT2D eigenvalue weighted by Gasteiger charge is -2.26. The van der Waals surface area contributed by atoms with E-state index in [1.165, 1.54) is 12.1 Å². The third-order valence-corrected chi connectivity index (χ3v) is 4.75. The van der Waals surface area contributed by atoms with Crippen LogP contribution in [0, 0.1) is 0 Å². The van der Waals surface area contributed by atoms with Crippen LogP contribution in [-0.2, 0) is 6.42 Å². The largest absolute Gasteiger partial charge is 0.365 e. The number of H-pyrrole nitrogens is 1. The highest BCUT2D eigenvalue weighted by molar-refractivity contribution is 6.36. The molecule has 0 radical (unpaired) electrons. The Bertz CT molecular complexity index is 924. The number of aromatic nitrogens is 1. The summed E-state index contributed by atoms with van der Waals surface area (Å²) in [6, 6.07) is 5.74. The minimum Gasteiger partial charge on any atom is -0.365 e. The van der Waals surface area contributed by atoms with Crippen molar-refractivity contribution >= 4 is 35.0 Å². The molecule has 0 saturated carbocycles. The molecular formula is C17H15Cl2N3O3. The van der Waals surface area contributed by atoms with E-state index in [9.17, 15) is 14.4 Å². The number of rotatable bonds is 3. The van der Waals surface area contributed by atoms with Gasteiger partial charge in [-0.2, -0.15) is 0 Å². The van der Waals surface area contributed by atoms with E-state index < -0.39 is 11.5 Å². The Hall–Kier alpha value is -2.31. The number of pyridine rings is 1. The van der Waals surface area contributed by atoms with Crippen LogP contribution in [0.5, 0.6) is 0 Å². The van der Waals surface area contributed by atoms with Gasteiger partial charge in [0, 0.05) is 10.7 Å². The van der Waals surface area contributed by atoms with Gasteiger partial charge in [-0.15, -0.1) is 0 Å². The first kappa shape index (κ1) is 17.5. The fourth-order valence-electron chi connectivity index (χ4n) is 2.98. The second kappa shape index (κ2) is 6.90. The Morgan fingerprint density at radius 3 is 2.64 bits per heavy atom. The zero-order valence-corrected chi connectivity index (χ0v) is 14.6.